The number of rotatable bonds is 3. The highest BCUT2D eigenvalue weighted by Gasteiger charge is 2.04. The lowest BCUT2D eigenvalue weighted by Gasteiger charge is -2.02. The molecule has 0 radical (unpaired) electrons. The third-order valence-electron chi connectivity index (χ3n) is 2.79. The van der Waals surface area contributed by atoms with Gasteiger partial charge in [0.25, 0.3) is 0 Å². The number of benzene rings is 2. The number of fused-ring (bicyclic) bond motifs is 1. The van der Waals surface area contributed by atoms with Gasteiger partial charge in [-0.1, -0.05) is 42.1 Å². The molecule has 3 N–H and O–H groups in total. The van der Waals surface area contributed by atoms with Crippen molar-refractivity contribution in [2.45, 2.75) is 10.9 Å². The van der Waals surface area contributed by atoms with Crippen molar-refractivity contribution in [1.82, 2.24) is 9.97 Å². The van der Waals surface area contributed by atoms with Crippen molar-refractivity contribution < 1.29 is 0 Å². The van der Waals surface area contributed by atoms with Crippen LogP contribution in [0.4, 0.5) is 5.69 Å². The molecular weight excluding hydrogens is 242 g/mol. The molecule has 1 heterocycles. The van der Waals surface area contributed by atoms with Gasteiger partial charge in [-0.2, -0.15) is 0 Å². The minimum atomic E-state index is 0.826. The van der Waals surface area contributed by atoms with Gasteiger partial charge in [0.05, 0.1) is 11.0 Å². The Balaban J connectivity index is 1.79. The minimum absolute atomic E-state index is 0.826. The van der Waals surface area contributed by atoms with Gasteiger partial charge < -0.3 is 10.7 Å². The smallest absolute Gasteiger partial charge is 0.166 e. The SMILES string of the molecule is Nc1ccccc1CSc1nc2ccccc2[nH]1. The molecular formula is C14H13N3S. The van der Waals surface area contributed by atoms with Gasteiger partial charge in [-0.25, -0.2) is 4.98 Å². The highest BCUT2D eigenvalue weighted by molar-refractivity contribution is 7.98. The van der Waals surface area contributed by atoms with Crippen LogP contribution in [0, 0.1) is 0 Å². The van der Waals surface area contributed by atoms with Crippen LogP contribution in [0.15, 0.2) is 53.7 Å². The summed E-state index contributed by atoms with van der Waals surface area (Å²) in [6.07, 6.45) is 0. The second kappa shape index (κ2) is 4.74. The maximum atomic E-state index is 5.92. The van der Waals surface area contributed by atoms with Crippen molar-refractivity contribution in [3.05, 3.63) is 54.1 Å². The standard InChI is InChI=1S/C14H13N3S/c15-11-6-2-1-5-10(11)9-18-14-16-12-7-3-4-8-13(12)17-14/h1-8H,9,15H2,(H,16,17). The molecule has 2 aromatic carbocycles. The van der Waals surface area contributed by atoms with Crippen molar-refractivity contribution in [3.63, 3.8) is 0 Å². The first-order valence-corrected chi connectivity index (χ1v) is 6.72. The first-order valence-electron chi connectivity index (χ1n) is 5.74. The van der Waals surface area contributed by atoms with Crippen molar-refractivity contribution in [2.24, 2.45) is 0 Å². The second-order valence-corrected chi connectivity index (χ2v) is 5.01. The number of thioether (sulfide) groups is 1. The lowest BCUT2D eigenvalue weighted by atomic mass is 10.2. The van der Waals surface area contributed by atoms with E-state index in [1.165, 1.54) is 0 Å². The molecule has 0 saturated heterocycles. The van der Waals surface area contributed by atoms with E-state index in [4.69, 9.17) is 5.73 Å². The van der Waals surface area contributed by atoms with Crippen molar-refractivity contribution in [2.75, 3.05) is 5.73 Å². The summed E-state index contributed by atoms with van der Waals surface area (Å²) in [5, 5.41) is 0.930. The Morgan fingerprint density at radius 2 is 1.83 bits per heavy atom. The zero-order chi connectivity index (χ0) is 12.4. The van der Waals surface area contributed by atoms with E-state index in [0.717, 1.165) is 33.2 Å². The van der Waals surface area contributed by atoms with E-state index in [2.05, 4.69) is 9.97 Å². The lowest BCUT2D eigenvalue weighted by Crippen LogP contribution is -1.91. The van der Waals surface area contributed by atoms with Crippen LogP contribution in [0.1, 0.15) is 5.56 Å². The minimum Gasteiger partial charge on any atom is -0.398 e. The monoisotopic (exact) mass is 255 g/mol. The number of aromatic amines is 1. The highest BCUT2D eigenvalue weighted by Crippen LogP contribution is 2.25. The van der Waals surface area contributed by atoms with E-state index in [9.17, 15) is 0 Å². The van der Waals surface area contributed by atoms with Gasteiger partial charge in [-0.05, 0) is 23.8 Å². The topological polar surface area (TPSA) is 54.7 Å². The Hall–Kier alpha value is -1.94. The first-order chi connectivity index (χ1) is 8.83. The number of H-pyrrole nitrogens is 1. The summed E-state index contributed by atoms with van der Waals surface area (Å²) in [5.74, 6) is 0.826. The molecule has 0 unspecified atom stereocenters. The number of nitrogens with zero attached hydrogens (tertiary/aromatic N) is 1. The predicted octanol–water partition coefficient (Wildman–Crippen LogP) is 3.44. The molecule has 0 bridgehead atoms. The number of imidazole rings is 1. The Kier molecular flexibility index (Phi) is 2.94. The van der Waals surface area contributed by atoms with Gasteiger partial charge in [0, 0.05) is 11.4 Å². The number of nitrogens with one attached hydrogen (secondary N) is 1. The van der Waals surface area contributed by atoms with E-state index < -0.39 is 0 Å². The third kappa shape index (κ3) is 2.19. The molecule has 3 nitrogen and oxygen atoms in total. The van der Waals surface area contributed by atoms with Gasteiger partial charge in [0.15, 0.2) is 5.16 Å². The number of anilines is 1. The molecule has 0 aliphatic rings. The molecule has 3 aromatic rings. The van der Waals surface area contributed by atoms with Gasteiger partial charge in [0.2, 0.25) is 0 Å². The first kappa shape index (κ1) is 11.2. The molecule has 0 atom stereocenters. The zero-order valence-electron chi connectivity index (χ0n) is 9.76. The van der Waals surface area contributed by atoms with E-state index in [-0.39, 0.29) is 0 Å². The van der Waals surface area contributed by atoms with Crippen LogP contribution < -0.4 is 5.73 Å². The Morgan fingerprint density at radius 1 is 1.06 bits per heavy atom. The quantitative estimate of drug-likeness (QED) is 0.557. The summed E-state index contributed by atoms with van der Waals surface area (Å²) in [5.41, 5.74) is 9.96. The summed E-state index contributed by atoms with van der Waals surface area (Å²) >= 11 is 1.67. The molecule has 1 aromatic heterocycles. The molecule has 3 rings (SSSR count). The number of nitrogen functional groups attached to an aromatic ring is 1. The Morgan fingerprint density at radius 3 is 2.67 bits per heavy atom. The Bertz CT molecular complexity index is 642. The van der Waals surface area contributed by atoms with Crippen molar-refractivity contribution in [3.8, 4) is 0 Å². The van der Waals surface area contributed by atoms with Crippen LogP contribution in [0.25, 0.3) is 11.0 Å². The number of aromatic nitrogens is 2. The maximum Gasteiger partial charge on any atom is 0.166 e. The summed E-state index contributed by atoms with van der Waals surface area (Å²) in [6, 6.07) is 16.0. The normalized spacial score (nSPS) is 10.9. The summed E-state index contributed by atoms with van der Waals surface area (Å²) < 4.78 is 0. The summed E-state index contributed by atoms with van der Waals surface area (Å²) in [7, 11) is 0. The average molecular weight is 255 g/mol. The third-order valence-corrected chi connectivity index (χ3v) is 3.71. The van der Waals surface area contributed by atoms with Crippen molar-refractivity contribution in [1.29, 1.82) is 0 Å². The summed E-state index contributed by atoms with van der Waals surface area (Å²) in [4.78, 5) is 7.82. The molecule has 0 fully saturated rings. The van der Waals surface area contributed by atoms with E-state index in [1.807, 2.05) is 48.5 Å². The molecule has 0 spiro atoms. The van der Waals surface area contributed by atoms with Crippen LogP contribution >= 0.6 is 11.8 Å². The van der Waals surface area contributed by atoms with Crippen LogP contribution in [-0.2, 0) is 5.75 Å². The zero-order valence-corrected chi connectivity index (χ0v) is 10.6. The van der Waals surface area contributed by atoms with Crippen LogP contribution in [0.2, 0.25) is 0 Å². The van der Waals surface area contributed by atoms with Gasteiger partial charge in [-0.3, -0.25) is 0 Å². The molecule has 0 aliphatic carbocycles. The van der Waals surface area contributed by atoms with E-state index >= 15 is 0 Å². The van der Waals surface area contributed by atoms with Crippen LogP contribution in [0.3, 0.4) is 0 Å². The molecule has 18 heavy (non-hydrogen) atoms. The maximum absolute atomic E-state index is 5.92. The fraction of sp³-hybridized carbons (Fsp3) is 0.0714. The fourth-order valence-corrected chi connectivity index (χ4v) is 2.71. The number of para-hydroxylation sites is 3. The summed E-state index contributed by atoms with van der Waals surface area (Å²) in [6.45, 7) is 0. The lowest BCUT2D eigenvalue weighted by molar-refractivity contribution is 1.08. The average Bonchev–Trinajstić information content (AvgIpc) is 2.80. The van der Waals surface area contributed by atoms with Gasteiger partial charge >= 0.3 is 0 Å². The molecule has 0 amide bonds. The van der Waals surface area contributed by atoms with E-state index in [0.29, 0.717) is 0 Å². The number of nitrogens with two attached hydrogens (primary N) is 1. The largest absolute Gasteiger partial charge is 0.398 e. The van der Waals surface area contributed by atoms with Crippen LogP contribution in [0.5, 0.6) is 0 Å². The molecule has 90 valence electrons. The fourth-order valence-electron chi connectivity index (χ4n) is 1.81. The second-order valence-electron chi connectivity index (χ2n) is 4.05. The molecule has 0 saturated carbocycles. The van der Waals surface area contributed by atoms with Crippen LogP contribution in [-0.4, -0.2) is 9.97 Å². The number of hydrogen-bond donors (Lipinski definition) is 2. The van der Waals surface area contributed by atoms with Gasteiger partial charge in [-0.15, -0.1) is 0 Å². The van der Waals surface area contributed by atoms with Gasteiger partial charge in [0.1, 0.15) is 0 Å². The number of hydrogen-bond acceptors (Lipinski definition) is 3. The van der Waals surface area contributed by atoms with Crippen molar-refractivity contribution >= 4 is 28.5 Å². The Labute approximate surface area is 109 Å². The predicted molar refractivity (Wildman–Crippen MR) is 76.5 cm³/mol. The molecule has 4 heteroatoms. The van der Waals surface area contributed by atoms with E-state index in [1.54, 1.807) is 11.8 Å². The molecule has 0 aliphatic heterocycles. The highest BCUT2D eigenvalue weighted by atomic mass is 32.2.